The van der Waals surface area contributed by atoms with Crippen LogP contribution in [0.1, 0.15) is 42.7 Å². The molecule has 1 aliphatic heterocycles. The third-order valence-corrected chi connectivity index (χ3v) is 9.65. The Morgan fingerprint density at radius 1 is 0.708 bits per heavy atom. The van der Waals surface area contributed by atoms with Crippen molar-refractivity contribution >= 4 is 11.0 Å². The van der Waals surface area contributed by atoms with Crippen LogP contribution in [0.3, 0.4) is 0 Å². The highest BCUT2D eigenvalue weighted by molar-refractivity contribution is 5.71. The summed E-state index contributed by atoms with van der Waals surface area (Å²) >= 11 is 0. The molecule has 0 aromatic carbocycles. The second-order valence-electron chi connectivity index (χ2n) is 13.4. The van der Waals surface area contributed by atoms with Gasteiger partial charge in [-0.3, -0.25) is 14.3 Å². The standard InChI is InChI=1S/C37H47N9O2/c1-27(47)32-24-30-7-5-6-11-45(30)36(32)34-9-12-43(38-34)21-17-41(4)26-29-8-14-46-31(23-29)25-33(28(2)48)37(46)35-10-13-44(39-35)22-20-42-18-15-40(3)16-19-42/h5-14,23-25,27-28,47-48H,15-22,26H2,1-4H3. The lowest BCUT2D eigenvalue weighted by atomic mass is 10.1. The normalized spacial score (nSPS) is 16.1. The second kappa shape index (κ2) is 13.7. The van der Waals surface area contributed by atoms with Crippen molar-refractivity contribution in [2.75, 3.05) is 53.4 Å². The molecule has 2 atom stereocenters. The number of nitrogens with zero attached hydrogens (tertiary/aromatic N) is 9. The molecule has 0 bridgehead atoms. The number of aliphatic hydroxyl groups excluding tert-OH is 2. The van der Waals surface area contributed by atoms with Crippen molar-refractivity contribution in [2.24, 2.45) is 0 Å². The Morgan fingerprint density at radius 3 is 2.00 bits per heavy atom. The summed E-state index contributed by atoms with van der Waals surface area (Å²) in [6.45, 7) is 12.2. The van der Waals surface area contributed by atoms with Crippen LogP contribution in [0.15, 0.2) is 79.4 Å². The summed E-state index contributed by atoms with van der Waals surface area (Å²) < 4.78 is 8.24. The molecule has 1 saturated heterocycles. The number of likely N-dealkylation sites (N-methyl/N-ethyl adjacent to an activating group) is 2. The molecule has 0 amide bonds. The molecule has 252 valence electrons. The number of aromatic nitrogens is 6. The first kappa shape index (κ1) is 32.3. The zero-order valence-electron chi connectivity index (χ0n) is 28.4. The van der Waals surface area contributed by atoms with E-state index in [9.17, 15) is 10.2 Å². The van der Waals surface area contributed by atoms with Gasteiger partial charge in [-0.1, -0.05) is 6.07 Å². The Kier molecular flexibility index (Phi) is 9.21. The number of fused-ring (bicyclic) bond motifs is 2. The Hall–Kier alpha value is -4.26. The Balaban J connectivity index is 1.02. The molecule has 0 radical (unpaired) electrons. The van der Waals surface area contributed by atoms with Crippen molar-refractivity contribution in [3.05, 3.63) is 96.1 Å². The Labute approximate surface area is 281 Å². The number of rotatable bonds is 12. The zero-order chi connectivity index (χ0) is 33.4. The molecule has 0 spiro atoms. The van der Waals surface area contributed by atoms with Crippen LogP contribution in [0.4, 0.5) is 0 Å². The van der Waals surface area contributed by atoms with Crippen LogP contribution in [0.2, 0.25) is 0 Å². The number of hydrogen-bond donors (Lipinski definition) is 2. The van der Waals surface area contributed by atoms with Gasteiger partial charge in [0.25, 0.3) is 0 Å². The van der Waals surface area contributed by atoms with E-state index in [2.05, 4.69) is 74.3 Å². The van der Waals surface area contributed by atoms with Gasteiger partial charge in [0.15, 0.2) is 0 Å². The Bertz CT molecular complexity index is 1990. The van der Waals surface area contributed by atoms with Crippen LogP contribution in [-0.2, 0) is 19.6 Å². The molecule has 11 nitrogen and oxygen atoms in total. The van der Waals surface area contributed by atoms with Gasteiger partial charge < -0.3 is 28.8 Å². The van der Waals surface area contributed by atoms with E-state index in [1.165, 1.54) is 5.56 Å². The van der Waals surface area contributed by atoms with E-state index < -0.39 is 12.2 Å². The third kappa shape index (κ3) is 6.69. The summed E-state index contributed by atoms with van der Waals surface area (Å²) in [6, 6.07) is 18.6. The summed E-state index contributed by atoms with van der Waals surface area (Å²) in [7, 11) is 4.31. The van der Waals surface area contributed by atoms with Gasteiger partial charge in [0, 0.05) is 92.8 Å². The quantitative estimate of drug-likeness (QED) is 0.203. The van der Waals surface area contributed by atoms with E-state index in [1.807, 2.05) is 59.0 Å². The minimum Gasteiger partial charge on any atom is -0.389 e. The monoisotopic (exact) mass is 649 g/mol. The minimum atomic E-state index is -0.609. The van der Waals surface area contributed by atoms with E-state index in [-0.39, 0.29) is 0 Å². The molecule has 11 heteroatoms. The lowest BCUT2D eigenvalue weighted by Crippen LogP contribution is -2.45. The SMILES string of the molecule is CC(O)c1cc2ccccn2c1-c1ccn(CCN(C)Cc2ccn3c(-c4ccn(CCN5CCN(C)CC5)n4)c(C(C)O)cc3c2)n1. The van der Waals surface area contributed by atoms with Crippen molar-refractivity contribution < 1.29 is 10.2 Å². The summed E-state index contributed by atoms with van der Waals surface area (Å²) in [4.78, 5) is 7.17. The van der Waals surface area contributed by atoms with Crippen molar-refractivity contribution in [3.8, 4) is 22.8 Å². The van der Waals surface area contributed by atoms with Crippen molar-refractivity contribution in [1.82, 2.24) is 43.1 Å². The number of hydrogen-bond acceptors (Lipinski definition) is 7. The molecular formula is C37H47N9O2. The van der Waals surface area contributed by atoms with Gasteiger partial charge in [0.1, 0.15) is 11.4 Å². The zero-order valence-corrected chi connectivity index (χ0v) is 28.4. The number of piperazine rings is 1. The first-order valence-corrected chi connectivity index (χ1v) is 17.0. The highest BCUT2D eigenvalue weighted by atomic mass is 16.3. The summed E-state index contributed by atoms with van der Waals surface area (Å²) in [6.07, 6.45) is 6.98. The molecule has 1 aliphatic rings. The predicted octanol–water partition coefficient (Wildman–Crippen LogP) is 4.41. The fourth-order valence-electron chi connectivity index (χ4n) is 6.87. The van der Waals surface area contributed by atoms with Crippen molar-refractivity contribution in [3.63, 3.8) is 0 Å². The molecular weight excluding hydrogens is 602 g/mol. The van der Waals surface area contributed by atoms with Gasteiger partial charge in [-0.15, -0.1) is 0 Å². The first-order valence-electron chi connectivity index (χ1n) is 17.0. The Morgan fingerprint density at radius 2 is 1.33 bits per heavy atom. The van der Waals surface area contributed by atoms with Crippen LogP contribution < -0.4 is 0 Å². The number of aliphatic hydroxyl groups is 2. The van der Waals surface area contributed by atoms with Crippen LogP contribution in [-0.4, -0.2) is 107 Å². The average molecular weight is 650 g/mol. The lowest BCUT2D eigenvalue weighted by molar-refractivity contribution is 0.149. The maximum atomic E-state index is 10.7. The average Bonchev–Trinajstić information content (AvgIpc) is 3.87. The molecule has 2 unspecified atom stereocenters. The maximum Gasteiger partial charge on any atom is 0.109 e. The minimum absolute atomic E-state index is 0.587. The summed E-state index contributed by atoms with van der Waals surface area (Å²) in [5.41, 5.74) is 8.65. The lowest BCUT2D eigenvalue weighted by Gasteiger charge is -2.32. The second-order valence-corrected chi connectivity index (χ2v) is 13.4. The molecule has 7 heterocycles. The van der Waals surface area contributed by atoms with Gasteiger partial charge in [-0.05, 0) is 82.0 Å². The largest absolute Gasteiger partial charge is 0.389 e. The van der Waals surface area contributed by atoms with E-state index in [0.29, 0.717) is 0 Å². The van der Waals surface area contributed by atoms with E-state index in [4.69, 9.17) is 10.2 Å². The summed E-state index contributed by atoms with van der Waals surface area (Å²) in [5.74, 6) is 0. The maximum absolute atomic E-state index is 10.7. The van der Waals surface area contributed by atoms with Gasteiger partial charge in [0.05, 0.1) is 36.7 Å². The molecule has 6 aromatic heterocycles. The molecule has 1 fully saturated rings. The van der Waals surface area contributed by atoms with Gasteiger partial charge >= 0.3 is 0 Å². The van der Waals surface area contributed by atoms with Crippen LogP contribution in [0, 0.1) is 0 Å². The molecule has 6 aromatic rings. The first-order chi connectivity index (χ1) is 23.2. The van der Waals surface area contributed by atoms with Crippen LogP contribution in [0.25, 0.3) is 33.8 Å². The summed E-state index contributed by atoms with van der Waals surface area (Å²) in [5, 5.41) is 31.0. The molecule has 0 saturated carbocycles. The number of pyridine rings is 2. The fraction of sp³-hybridized carbons (Fsp3) is 0.405. The smallest absolute Gasteiger partial charge is 0.109 e. The van der Waals surface area contributed by atoms with Gasteiger partial charge in [-0.25, -0.2) is 0 Å². The molecule has 48 heavy (non-hydrogen) atoms. The fourth-order valence-corrected chi connectivity index (χ4v) is 6.87. The predicted molar refractivity (Wildman–Crippen MR) is 189 cm³/mol. The van der Waals surface area contributed by atoms with E-state index in [1.54, 1.807) is 6.92 Å². The van der Waals surface area contributed by atoms with Crippen LogP contribution >= 0.6 is 0 Å². The molecule has 2 N–H and O–H groups in total. The highest BCUT2D eigenvalue weighted by Crippen LogP contribution is 2.32. The molecule has 0 aliphatic carbocycles. The molecule has 7 rings (SSSR count). The van der Waals surface area contributed by atoms with Gasteiger partial charge in [-0.2, -0.15) is 10.2 Å². The van der Waals surface area contributed by atoms with E-state index >= 15 is 0 Å². The topological polar surface area (TPSA) is 94.6 Å². The van der Waals surface area contributed by atoms with E-state index in [0.717, 1.165) is 104 Å². The van der Waals surface area contributed by atoms with Crippen molar-refractivity contribution in [2.45, 2.75) is 45.7 Å². The van der Waals surface area contributed by atoms with Crippen LogP contribution in [0.5, 0.6) is 0 Å². The highest BCUT2D eigenvalue weighted by Gasteiger charge is 2.20. The third-order valence-electron chi connectivity index (χ3n) is 9.65. The van der Waals surface area contributed by atoms with Crippen molar-refractivity contribution in [1.29, 1.82) is 0 Å². The van der Waals surface area contributed by atoms with Gasteiger partial charge in [0.2, 0.25) is 0 Å².